The van der Waals surface area contributed by atoms with Crippen LogP contribution in [0.1, 0.15) is 40.7 Å². The number of nitrogens with one attached hydrogen (secondary N) is 2. The van der Waals surface area contributed by atoms with Crippen LogP contribution < -0.4 is 30.1 Å². The van der Waals surface area contributed by atoms with Crippen LogP contribution in [-0.4, -0.2) is 121 Å². The third-order valence-corrected chi connectivity index (χ3v) is 14.5. The first-order chi connectivity index (χ1) is 31.8. The third-order valence-electron chi connectivity index (χ3n) is 13.1. The van der Waals surface area contributed by atoms with Gasteiger partial charge in [0.05, 0.1) is 22.3 Å². The van der Waals surface area contributed by atoms with Gasteiger partial charge in [-0.15, -0.1) is 0 Å². The Bertz CT molecular complexity index is 3010. The summed E-state index contributed by atoms with van der Waals surface area (Å²) >= 11 is 0. The molecule has 20 heteroatoms. The number of ether oxygens (including phenoxy) is 1. The van der Waals surface area contributed by atoms with Crippen LogP contribution in [0, 0.1) is 23.1 Å². The summed E-state index contributed by atoms with van der Waals surface area (Å²) in [6, 6.07) is 21.1. The molecule has 5 aromatic rings. The predicted molar refractivity (Wildman–Crippen MR) is 239 cm³/mol. The van der Waals surface area contributed by atoms with E-state index in [2.05, 4.69) is 35.8 Å². The molecular weight excluding hydrogens is 875 g/mol. The molecule has 2 atom stereocenters. The van der Waals surface area contributed by atoms with E-state index in [9.17, 15) is 37.2 Å². The number of fused-ring (bicyclic) bond motifs is 2. The number of imide groups is 1. The van der Waals surface area contributed by atoms with E-state index in [1.165, 1.54) is 29.1 Å². The maximum absolute atomic E-state index is 15.2. The summed E-state index contributed by atoms with van der Waals surface area (Å²) in [6.07, 6.45) is 0.716. The van der Waals surface area contributed by atoms with Gasteiger partial charge in [0.1, 0.15) is 35.9 Å². The fourth-order valence-electron chi connectivity index (χ4n) is 9.46. The molecule has 2 N–H and O–H groups in total. The SMILES string of the molecule is N#Cc1c(NS(=O)(=O)N2CC[C@@H](F)C2)ccc(F)c1Oc1ccc2ncn(-c3ccc(N4CCN(CC5CN(c6ccc7c(c6)CN([C@H]6CCC(=O)NC6=O)C7=O)C5)CC4)cc3)c(=O)c2c1. The van der Waals surface area contributed by atoms with E-state index in [1.54, 1.807) is 11.0 Å². The van der Waals surface area contributed by atoms with Gasteiger partial charge in [-0.2, -0.15) is 18.0 Å². The molecule has 1 aromatic heterocycles. The maximum Gasteiger partial charge on any atom is 0.301 e. The lowest BCUT2D eigenvalue weighted by molar-refractivity contribution is -0.136. The third kappa shape index (κ3) is 8.18. The topological polar surface area (TPSA) is 194 Å². The van der Waals surface area contributed by atoms with Gasteiger partial charge in [0, 0.05) is 94.7 Å². The Hall–Kier alpha value is -6.95. The number of anilines is 3. The van der Waals surface area contributed by atoms with Crippen molar-refractivity contribution in [2.24, 2.45) is 5.92 Å². The van der Waals surface area contributed by atoms with Gasteiger partial charge < -0.3 is 19.4 Å². The van der Waals surface area contributed by atoms with Crippen molar-refractivity contribution in [2.75, 3.05) is 73.4 Å². The van der Waals surface area contributed by atoms with Crippen LogP contribution in [0.3, 0.4) is 0 Å². The number of piperidine rings is 1. The van der Waals surface area contributed by atoms with Gasteiger partial charge in [-0.05, 0) is 91.2 Å². The van der Waals surface area contributed by atoms with E-state index >= 15 is 4.39 Å². The highest BCUT2D eigenvalue weighted by molar-refractivity contribution is 7.90. The predicted octanol–water partition coefficient (Wildman–Crippen LogP) is 3.91. The fourth-order valence-corrected chi connectivity index (χ4v) is 10.7. The number of rotatable bonds is 11. The minimum atomic E-state index is -4.24. The molecule has 0 saturated carbocycles. The largest absolute Gasteiger partial charge is 0.453 e. The molecule has 0 aliphatic carbocycles. The number of nitriles is 1. The molecule has 4 saturated heterocycles. The Morgan fingerprint density at radius 2 is 1.62 bits per heavy atom. The van der Waals surface area contributed by atoms with Crippen LogP contribution in [-0.2, 0) is 26.3 Å². The number of alkyl halides is 1. The standard InChI is InChI=1S/C46H44F2N10O7S/c47-30-13-14-56(26-30)66(63,64)52-40-10-8-38(48)43(37(40)21-49)65-34-6-9-39-36(20-34)46(62)58(27-50-39)32-3-1-31(2-4-32)54-17-15-53(16-18-54)22-28-23-55(24-28)33-5-7-35-29(19-33)25-57(45(35)61)41-11-12-42(59)51-44(41)60/h1-10,19-20,27-28,30,41,52H,11-18,22-26H2,(H,51,59,60)/t30-,41+/m1/s1. The van der Waals surface area contributed by atoms with Gasteiger partial charge >= 0.3 is 10.2 Å². The average molecular weight is 919 g/mol. The molecule has 17 nitrogen and oxygen atoms in total. The minimum Gasteiger partial charge on any atom is -0.453 e. The monoisotopic (exact) mass is 918 g/mol. The van der Waals surface area contributed by atoms with E-state index in [0.29, 0.717) is 35.7 Å². The van der Waals surface area contributed by atoms with Crippen molar-refractivity contribution in [3.05, 3.63) is 112 Å². The molecule has 0 unspecified atom stereocenters. The van der Waals surface area contributed by atoms with Gasteiger partial charge in [-0.25, -0.2) is 13.8 Å². The highest BCUT2D eigenvalue weighted by Crippen LogP contribution is 2.36. The first-order valence-corrected chi connectivity index (χ1v) is 23.2. The molecule has 4 fully saturated rings. The van der Waals surface area contributed by atoms with E-state index in [-0.39, 0.29) is 54.6 Å². The summed E-state index contributed by atoms with van der Waals surface area (Å²) < 4.78 is 65.1. The van der Waals surface area contributed by atoms with Gasteiger partial charge in [0.25, 0.3) is 11.5 Å². The lowest BCUT2D eigenvalue weighted by Gasteiger charge is -2.45. The molecule has 5 aliphatic heterocycles. The Balaban J connectivity index is 0.742. The van der Waals surface area contributed by atoms with E-state index in [1.807, 2.05) is 36.4 Å². The second-order valence-corrected chi connectivity index (χ2v) is 18.9. The van der Waals surface area contributed by atoms with Crippen LogP contribution in [0.25, 0.3) is 16.6 Å². The molecule has 3 amide bonds. The summed E-state index contributed by atoms with van der Waals surface area (Å²) in [6.45, 7) is 6.23. The molecule has 0 bridgehead atoms. The summed E-state index contributed by atoms with van der Waals surface area (Å²) in [4.78, 5) is 64.2. The number of carbonyl (C=O) groups is 3. The van der Waals surface area contributed by atoms with Crippen molar-refractivity contribution >= 4 is 55.9 Å². The second kappa shape index (κ2) is 17.1. The first-order valence-electron chi connectivity index (χ1n) is 21.8. The van der Waals surface area contributed by atoms with Crippen molar-refractivity contribution in [1.82, 2.24) is 29.0 Å². The molecule has 5 aliphatic rings. The molecular formula is C46H44F2N10O7S. The summed E-state index contributed by atoms with van der Waals surface area (Å²) in [5, 5.41) is 12.5. The molecule has 6 heterocycles. The van der Waals surface area contributed by atoms with Crippen molar-refractivity contribution in [3.8, 4) is 23.3 Å². The Kier molecular flexibility index (Phi) is 11.1. The molecule has 0 spiro atoms. The van der Waals surface area contributed by atoms with E-state index in [0.717, 1.165) is 79.2 Å². The van der Waals surface area contributed by atoms with Crippen LogP contribution in [0.4, 0.5) is 25.8 Å². The zero-order valence-electron chi connectivity index (χ0n) is 35.5. The van der Waals surface area contributed by atoms with Crippen LogP contribution in [0.5, 0.6) is 11.5 Å². The lowest BCUT2D eigenvalue weighted by atomic mass is 9.97. The normalized spacial score (nSPS) is 20.6. The number of hydrogen-bond acceptors (Lipinski definition) is 12. The second-order valence-electron chi connectivity index (χ2n) is 17.3. The summed E-state index contributed by atoms with van der Waals surface area (Å²) in [5.74, 6) is -1.86. The van der Waals surface area contributed by atoms with Gasteiger partial charge in [0.15, 0.2) is 11.6 Å². The zero-order chi connectivity index (χ0) is 45.9. The molecule has 4 aromatic carbocycles. The number of nitrogens with zero attached hydrogens (tertiary/aromatic N) is 8. The molecule has 10 rings (SSSR count). The Morgan fingerprint density at radius 3 is 2.35 bits per heavy atom. The minimum absolute atomic E-state index is 0.0120. The van der Waals surface area contributed by atoms with E-state index in [4.69, 9.17) is 4.74 Å². The number of halogens is 2. The van der Waals surface area contributed by atoms with Crippen molar-refractivity contribution in [1.29, 1.82) is 5.26 Å². The highest BCUT2D eigenvalue weighted by atomic mass is 32.2. The summed E-state index contributed by atoms with van der Waals surface area (Å²) in [7, 11) is -4.24. The molecule has 340 valence electrons. The van der Waals surface area contributed by atoms with Crippen molar-refractivity contribution in [3.63, 3.8) is 0 Å². The van der Waals surface area contributed by atoms with Gasteiger partial charge in [-0.3, -0.25) is 38.7 Å². The van der Waals surface area contributed by atoms with Crippen LogP contribution in [0.2, 0.25) is 0 Å². The van der Waals surface area contributed by atoms with E-state index < -0.39 is 51.0 Å². The lowest BCUT2D eigenvalue weighted by Crippen LogP contribution is -2.55. The Labute approximate surface area is 377 Å². The van der Waals surface area contributed by atoms with Gasteiger partial charge in [-0.1, -0.05) is 0 Å². The number of benzene rings is 4. The smallest absolute Gasteiger partial charge is 0.301 e. The highest BCUT2D eigenvalue weighted by Gasteiger charge is 2.40. The number of hydrogen-bond donors (Lipinski definition) is 2. The summed E-state index contributed by atoms with van der Waals surface area (Å²) in [5.41, 5.74) is 3.43. The van der Waals surface area contributed by atoms with Gasteiger partial charge in [0.2, 0.25) is 11.8 Å². The van der Waals surface area contributed by atoms with Crippen LogP contribution in [0.15, 0.2) is 83.9 Å². The zero-order valence-corrected chi connectivity index (χ0v) is 36.3. The molecule has 66 heavy (non-hydrogen) atoms. The number of amides is 3. The maximum atomic E-state index is 15.2. The number of carbonyl (C=O) groups excluding carboxylic acids is 3. The number of piperazine rings is 1. The molecule has 0 radical (unpaired) electrons. The fraction of sp³-hybridized carbons (Fsp3) is 0.348. The first kappa shape index (κ1) is 43.0. The quantitative estimate of drug-likeness (QED) is 0.182. The van der Waals surface area contributed by atoms with Crippen LogP contribution >= 0.6 is 0 Å². The average Bonchev–Trinajstić information content (AvgIpc) is 3.89. The number of aromatic nitrogens is 2. The van der Waals surface area contributed by atoms with Crippen molar-refractivity contribution < 1.29 is 36.3 Å². The Morgan fingerprint density at radius 1 is 0.864 bits per heavy atom. The van der Waals surface area contributed by atoms with Crippen molar-refractivity contribution in [2.45, 2.75) is 38.0 Å².